The molecule has 0 spiro atoms. The molecule has 3 amide bonds. The van der Waals surface area contributed by atoms with Crippen molar-refractivity contribution in [2.45, 2.75) is 51.1 Å². The molecule has 0 radical (unpaired) electrons. The number of benzene rings is 3. The van der Waals surface area contributed by atoms with E-state index < -0.39 is 6.04 Å². The van der Waals surface area contributed by atoms with Crippen molar-refractivity contribution in [1.29, 1.82) is 0 Å². The first-order chi connectivity index (χ1) is 21.0. The summed E-state index contributed by atoms with van der Waals surface area (Å²) >= 11 is 1.33. The Hall–Kier alpha value is -4.54. The van der Waals surface area contributed by atoms with E-state index in [1.807, 2.05) is 72.8 Å². The zero-order valence-corrected chi connectivity index (χ0v) is 24.5. The number of hydroxylamine groups is 1. The van der Waals surface area contributed by atoms with Crippen LogP contribution in [0, 0.1) is 0 Å². The predicted octanol–water partition coefficient (Wildman–Crippen LogP) is 6.37. The van der Waals surface area contributed by atoms with Gasteiger partial charge in [0.25, 0.3) is 11.8 Å². The number of hydrogen-bond acceptors (Lipinski definition) is 7. The van der Waals surface area contributed by atoms with Crippen LogP contribution < -0.4 is 15.5 Å². The summed E-state index contributed by atoms with van der Waals surface area (Å²) in [6.45, 7) is 0.947. The third-order valence-electron chi connectivity index (χ3n) is 7.41. The first-order valence-corrected chi connectivity index (χ1v) is 15.3. The molecule has 3 N–H and O–H groups in total. The summed E-state index contributed by atoms with van der Waals surface area (Å²) in [5.41, 5.74) is 5.75. The standard InChI is InChI=1S/C33H34N4O5S/c38-29(36-41)11-7-2-1-3-8-19-42-27-16-14-23(15-17-27)25-12-13-26-22-37(32(40)28(26)21-25)30(24-9-5-4-6-10-24)31(39)35-33-34-18-20-43-33/h4-6,9-10,12-18,20-21,30,41H,1-3,7-8,11,19,22H2,(H,36,38)(H,34,35,39). The van der Waals surface area contributed by atoms with Crippen molar-refractivity contribution < 1.29 is 24.3 Å². The number of nitrogens with one attached hydrogen (secondary N) is 2. The topological polar surface area (TPSA) is 121 Å². The zero-order chi connectivity index (χ0) is 30.0. The molecule has 0 saturated heterocycles. The van der Waals surface area contributed by atoms with Crippen molar-refractivity contribution in [2.24, 2.45) is 0 Å². The molecule has 0 fully saturated rings. The number of hydrogen-bond donors (Lipinski definition) is 3. The van der Waals surface area contributed by atoms with Crippen molar-refractivity contribution in [3.63, 3.8) is 0 Å². The van der Waals surface area contributed by atoms with Crippen molar-refractivity contribution in [3.05, 3.63) is 101 Å². The Morgan fingerprint density at radius 2 is 1.70 bits per heavy atom. The van der Waals surface area contributed by atoms with Crippen LogP contribution >= 0.6 is 11.3 Å². The number of thiazole rings is 1. The van der Waals surface area contributed by atoms with E-state index in [1.165, 1.54) is 11.3 Å². The molecule has 1 aromatic heterocycles. The number of fused-ring (bicyclic) bond motifs is 1. The Balaban J connectivity index is 1.19. The van der Waals surface area contributed by atoms with Gasteiger partial charge in [0.05, 0.1) is 6.61 Å². The maximum atomic E-state index is 13.7. The van der Waals surface area contributed by atoms with Crippen LogP contribution in [0.5, 0.6) is 5.75 Å². The van der Waals surface area contributed by atoms with Gasteiger partial charge in [-0.25, -0.2) is 10.5 Å². The van der Waals surface area contributed by atoms with Crippen LogP contribution in [0.4, 0.5) is 5.13 Å². The van der Waals surface area contributed by atoms with Crippen LogP contribution in [-0.4, -0.2) is 39.4 Å². The average molecular weight is 599 g/mol. The number of nitrogens with zero attached hydrogens (tertiary/aromatic N) is 2. The Bertz CT molecular complexity index is 1530. The first-order valence-electron chi connectivity index (χ1n) is 14.4. The first kappa shape index (κ1) is 29.9. The lowest BCUT2D eigenvalue weighted by molar-refractivity contribution is -0.129. The van der Waals surface area contributed by atoms with Crippen molar-refractivity contribution in [3.8, 4) is 16.9 Å². The van der Waals surface area contributed by atoms with E-state index in [0.29, 0.717) is 30.3 Å². The molecule has 2 heterocycles. The van der Waals surface area contributed by atoms with E-state index in [4.69, 9.17) is 9.94 Å². The van der Waals surface area contributed by atoms with Crippen molar-refractivity contribution >= 4 is 34.2 Å². The summed E-state index contributed by atoms with van der Waals surface area (Å²) in [4.78, 5) is 44.0. The van der Waals surface area contributed by atoms with Crippen LogP contribution in [0.3, 0.4) is 0 Å². The lowest BCUT2D eigenvalue weighted by Crippen LogP contribution is -2.37. The number of aromatic nitrogens is 1. The van der Waals surface area contributed by atoms with Crippen molar-refractivity contribution in [1.82, 2.24) is 15.4 Å². The minimum atomic E-state index is -0.794. The Morgan fingerprint density at radius 3 is 2.44 bits per heavy atom. The Labute approximate surface area is 254 Å². The van der Waals surface area contributed by atoms with E-state index in [2.05, 4.69) is 10.3 Å². The number of rotatable bonds is 14. The predicted molar refractivity (Wildman–Crippen MR) is 165 cm³/mol. The quantitative estimate of drug-likeness (QED) is 0.0881. The van der Waals surface area contributed by atoms with E-state index in [9.17, 15) is 14.4 Å². The van der Waals surface area contributed by atoms with Gasteiger partial charge in [-0.05, 0) is 53.3 Å². The van der Waals surface area contributed by atoms with Crippen LogP contribution in [0.1, 0.15) is 66.1 Å². The molecule has 1 unspecified atom stereocenters. The number of carbonyl (C=O) groups is 3. The number of ether oxygens (including phenoxy) is 1. The van der Waals surface area contributed by atoms with Crippen LogP contribution in [-0.2, 0) is 16.1 Å². The number of carbonyl (C=O) groups excluding carboxylic acids is 3. The molecule has 9 nitrogen and oxygen atoms in total. The summed E-state index contributed by atoms with van der Waals surface area (Å²) in [6, 6.07) is 22.2. The van der Waals surface area contributed by atoms with E-state index >= 15 is 0 Å². The fourth-order valence-electron chi connectivity index (χ4n) is 5.19. The highest BCUT2D eigenvalue weighted by molar-refractivity contribution is 7.13. The van der Waals surface area contributed by atoms with Gasteiger partial charge in [0.2, 0.25) is 5.91 Å². The zero-order valence-electron chi connectivity index (χ0n) is 23.7. The van der Waals surface area contributed by atoms with Crippen LogP contribution in [0.15, 0.2) is 84.4 Å². The van der Waals surface area contributed by atoms with Gasteiger partial charge in [0, 0.05) is 30.1 Å². The van der Waals surface area contributed by atoms with Gasteiger partial charge in [-0.15, -0.1) is 11.3 Å². The van der Waals surface area contributed by atoms with Gasteiger partial charge >= 0.3 is 0 Å². The summed E-state index contributed by atoms with van der Waals surface area (Å²) in [7, 11) is 0. The molecule has 5 rings (SSSR count). The molecule has 43 heavy (non-hydrogen) atoms. The number of amides is 3. The minimum absolute atomic E-state index is 0.184. The molecule has 3 aromatic carbocycles. The normalized spacial score (nSPS) is 13.0. The molecule has 1 aliphatic rings. The highest BCUT2D eigenvalue weighted by Gasteiger charge is 2.37. The summed E-state index contributed by atoms with van der Waals surface area (Å²) in [5.74, 6) is -0.0464. The average Bonchev–Trinajstić information content (AvgIpc) is 3.66. The third kappa shape index (κ3) is 7.65. The van der Waals surface area contributed by atoms with E-state index in [0.717, 1.165) is 60.1 Å². The lowest BCUT2D eigenvalue weighted by atomic mass is 10.0. The second-order valence-electron chi connectivity index (χ2n) is 10.4. The summed E-state index contributed by atoms with van der Waals surface area (Å²) in [5, 5.41) is 13.7. The lowest BCUT2D eigenvalue weighted by Gasteiger charge is -2.27. The van der Waals surface area contributed by atoms with Gasteiger partial charge in [0.15, 0.2) is 5.13 Å². The second kappa shape index (κ2) is 14.6. The van der Waals surface area contributed by atoms with Crippen LogP contribution in [0.25, 0.3) is 11.1 Å². The highest BCUT2D eigenvalue weighted by Crippen LogP contribution is 2.35. The van der Waals surface area contributed by atoms with E-state index in [-0.39, 0.29) is 17.7 Å². The molecule has 4 aromatic rings. The SMILES string of the molecule is O=C(CCCCCCCOc1ccc(-c2ccc3c(c2)C(=O)N(C(C(=O)Nc2nccs2)c2ccccc2)C3)cc1)NO. The maximum Gasteiger partial charge on any atom is 0.255 e. The molecular formula is C33H34N4O5S. The van der Waals surface area contributed by atoms with Gasteiger partial charge in [0.1, 0.15) is 11.8 Å². The van der Waals surface area contributed by atoms with Gasteiger partial charge in [-0.3, -0.25) is 24.9 Å². The molecule has 1 atom stereocenters. The molecule has 1 aliphatic heterocycles. The number of anilines is 1. The maximum absolute atomic E-state index is 13.7. The van der Waals surface area contributed by atoms with Crippen LogP contribution in [0.2, 0.25) is 0 Å². The fraction of sp³-hybridized carbons (Fsp3) is 0.273. The monoisotopic (exact) mass is 598 g/mol. The summed E-state index contributed by atoms with van der Waals surface area (Å²) in [6.07, 6.45) is 6.62. The van der Waals surface area contributed by atoms with Gasteiger partial charge in [-0.2, -0.15) is 0 Å². The third-order valence-corrected chi connectivity index (χ3v) is 8.10. The molecular weight excluding hydrogens is 564 g/mol. The van der Waals surface area contributed by atoms with Crippen molar-refractivity contribution in [2.75, 3.05) is 11.9 Å². The molecule has 0 saturated carbocycles. The molecule has 222 valence electrons. The number of unbranched alkanes of at least 4 members (excludes halogenated alkanes) is 4. The van der Waals surface area contributed by atoms with Gasteiger partial charge < -0.3 is 9.64 Å². The Kier molecular flexibility index (Phi) is 10.1. The highest BCUT2D eigenvalue weighted by atomic mass is 32.1. The molecule has 0 aliphatic carbocycles. The van der Waals surface area contributed by atoms with E-state index in [1.54, 1.807) is 22.0 Å². The fourth-order valence-corrected chi connectivity index (χ4v) is 5.72. The Morgan fingerprint density at radius 1 is 0.953 bits per heavy atom. The second-order valence-corrected chi connectivity index (χ2v) is 11.3. The molecule has 0 bridgehead atoms. The summed E-state index contributed by atoms with van der Waals surface area (Å²) < 4.78 is 5.89. The smallest absolute Gasteiger partial charge is 0.255 e. The molecule has 10 heteroatoms. The largest absolute Gasteiger partial charge is 0.494 e. The van der Waals surface area contributed by atoms with Gasteiger partial charge in [-0.1, -0.05) is 73.9 Å². The minimum Gasteiger partial charge on any atom is -0.494 e.